The van der Waals surface area contributed by atoms with Crippen molar-refractivity contribution >= 4 is 11.1 Å². The minimum atomic E-state index is -2.92. The van der Waals surface area contributed by atoms with E-state index in [-0.39, 0.29) is 23.6 Å². The first-order chi connectivity index (χ1) is 7.70. The van der Waals surface area contributed by atoms with Gasteiger partial charge in [0.25, 0.3) is 0 Å². The summed E-state index contributed by atoms with van der Waals surface area (Å²) in [7, 11) is 0. The molecule has 0 amide bonds. The average molecular weight is 224 g/mol. The summed E-state index contributed by atoms with van der Waals surface area (Å²) in [6.45, 7) is -2.92. The first kappa shape index (κ1) is 10.4. The van der Waals surface area contributed by atoms with Crippen LogP contribution >= 0.6 is 0 Å². The number of hydrogen-bond acceptors (Lipinski definition) is 4. The van der Waals surface area contributed by atoms with E-state index in [0.717, 1.165) is 0 Å². The molecule has 16 heavy (non-hydrogen) atoms. The zero-order valence-corrected chi connectivity index (χ0v) is 7.98. The normalized spacial score (nSPS) is 10.6. The Kier molecular flexibility index (Phi) is 2.68. The summed E-state index contributed by atoms with van der Waals surface area (Å²) in [5.41, 5.74) is 0.524. The number of aromatic nitrogens is 1. The fourth-order valence-corrected chi connectivity index (χ4v) is 1.30. The second-order valence-electron chi connectivity index (χ2n) is 2.92. The Morgan fingerprint density at radius 2 is 2.31 bits per heavy atom. The number of hydrogen-bond donors (Lipinski definition) is 0. The standard InChI is InChI=1S/C10H6F2N2O2/c11-10(12)16-7-3-1-2-6-9(7)14-8(15-6)4-5-13/h1-3,10H,4H2. The van der Waals surface area contributed by atoms with Crippen LogP contribution in [0.25, 0.3) is 11.1 Å². The zero-order valence-electron chi connectivity index (χ0n) is 7.98. The summed E-state index contributed by atoms with van der Waals surface area (Å²) in [6, 6.07) is 6.31. The molecule has 0 radical (unpaired) electrons. The molecular formula is C10H6F2N2O2. The second kappa shape index (κ2) is 4.14. The van der Waals surface area contributed by atoms with Crippen molar-refractivity contribution in [2.24, 2.45) is 0 Å². The molecule has 0 bridgehead atoms. The molecule has 0 saturated heterocycles. The Morgan fingerprint density at radius 3 is 3.00 bits per heavy atom. The number of ether oxygens (including phenoxy) is 1. The van der Waals surface area contributed by atoms with Crippen LogP contribution in [0.1, 0.15) is 5.89 Å². The summed E-state index contributed by atoms with van der Waals surface area (Å²) in [6.07, 6.45) is -0.0111. The Morgan fingerprint density at radius 1 is 1.50 bits per heavy atom. The molecule has 0 atom stereocenters. The zero-order chi connectivity index (χ0) is 11.5. The average Bonchev–Trinajstić information content (AvgIpc) is 2.61. The van der Waals surface area contributed by atoms with E-state index in [1.165, 1.54) is 12.1 Å². The van der Waals surface area contributed by atoms with Crippen LogP contribution in [0, 0.1) is 11.3 Å². The molecule has 82 valence electrons. The monoisotopic (exact) mass is 224 g/mol. The van der Waals surface area contributed by atoms with Gasteiger partial charge in [0.2, 0.25) is 5.89 Å². The molecule has 0 unspecified atom stereocenters. The van der Waals surface area contributed by atoms with Crippen LogP contribution in [0.3, 0.4) is 0 Å². The first-order valence-electron chi connectivity index (χ1n) is 4.41. The maximum absolute atomic E-state index is 12.1. The van der Waals surface area contributed by atoms with Crippen molar-refractivity contribution in [3.8, 4) is 11.8 Å². The molecule has 6 heteroatoms. The summed E-state index contributed by atoms with van der Waals surface area (Å²) in [4.78, 5) is 3.91. The highest BCUT2D eigenvalue weighted by Crippen LogP contribution is 2.26. The molecule has 1 aromatic carbocycles. The van der Waals surface area contributed by atoms with Gasteiger partial charge >= 0.3 is 6.61 Å². The number of nitriles is 1. The lowest BCUT2D eigenvalue weighted by atomic mass is 10.3. The van der Waals surface area contributed by atoms with Gasteiger partial charge in [-0.15, -0.1) is 0 Å². The van der Waals surface area contributed by atoms with Crippen LogP contribution in [0.4, 0.5) is 8.78 Å². The Bertz CT molecular complexity index is 545. The van der Waals surface area contributed by atoms with E-state index in [0.29, 0.717) is 5.58 Å². The predicted octanol–water partition coefficient (Wildman–Crippen LogP) is 2.50. The maximum Gasteiger partial charge on any atom is 0.387 e. The number of nitrogens with zero attached hydrogens (tertiary/aromatic N) is 2. The van der Waals surface area contributed by atoms with Crippen LogP contribution < -0.4 is 4.74 Å². The minimum absolute atomic E-state index is 0.0111. The van der Waals surface area contributed by atoms with Gasteiger partial charge in [-0.2, -0.15) is 14.0 Å². The molecule has 0 saturated carbocycles. The number of benzene rings is 1. The van der Waals surface area contributed by atoms with Gasteiger partial charge in [-0.1, -0.05) is 6.07 Å². The topological polar surface area (TPSA) is 59.0 Å². The van der Waals surface area contributed by atoms with Crippen molar-refractivity contribution in [1.82, 2.24) is 4.98 Å². The molecule has 4 nitrogen and oxygen atoms in total. The quantitative estimate of drug-likeness (QED) is 0.803. The van der Waals surface area contributed by atoms with Crippen molar-refractivity contribution in [2.75, 3.05) is 0 Å². The van der Waals surface area contributed by atoms with E-state index >= 15 is 0 Å². The number of oxazole rings is 1. The second-order valence-corrected chi connectivity index (χ2v) is 2.92. The number of halogens is 2. The van der Waals surface area contributed by atoms with Crippen LogP contribution in [-0.2, 0) is 6.42 Å². The Balaban J connectivity index is 2.46. The van der Waals surface area contributed by atoms with E-state index in [1.807, 2.05) is 6.07 Å². The first-order valence-corrected chi connectivity index (χ1v) is 4.41. The summed E-state index contributed by atoms with van der Waals surface area (Å²) >= 11 is 0. The number of fused-ring (bicyclic) bond motifs is 1. The fraction of sp³-hybridized carbons (Fsp3) is 0.200. The minimum Gasteiger partial charge on any atom is -0.439 e. The highest BCUT2D eigenvalue weighted by molar-refractivity contribution is 5.79. The number of alkyl halides is 2. The Labute approximate surface area is 89.1 Å². The smallest absolute Gasteiger partial charge is 0.387 e. The van der Waals surface area contributed by atoms with E-state index < -0.39 is 6.61 Å². The van der Waals surface area contributed by atoms with Gasteiger partial charge in [-0.3, -0.25) is 0 Å². The van der Waals surface area contributed by atoms with Gasteiger partial charge in [0, 0.05) is 0 Å². The van der Waals surface area contributed by atoms with Crippen LogP contribution in [-0.4, -0.2) is 11.6 Å². The summed E-state index contributed by atoms with van der Waals surface area (Å²) < 4.78 is 33.6. The summed E-state index contributed by atoms with van der Waals surface area (Å²) in [5, 5.41) is 8.46. The number of rotatable bonds is 3. The third-order valence-corrected chi connectivity index (χ3v) is 1.87. The number of para-hydroxylation sites is 1. The molecule has 0 aliphatic rings. The SMILES string of the molecule is N#CCc1nc2c(OC(F)F)cccc2o1. The Hall–Kier alpha value is -2.16. The largest absolute Gasteiger partial charge is 0.439 e. The molecule has 0 spiro atoms. The van der Waals surface area contributed by atoms with Crippen LogP contribution in [0.2, 0.25) is 0 Å². The highest BCUT2D eigenvalue weighted by Gasteiger charge is 2.13. The molecule has 0 fully saturated rings. The van der Waals surface area contributed by atoms with E-state index in [1.54, 1.807) is 6.07 Å². The van der Waals surface area contributed by atoms with E-state index in [9.17, 15) is 8.78 Å². The van der Waals surface area contributed by atoms with Crippen molar-refractivity contribution in [1.29, 1.82) is 5.26 Å². The molecule has 2 rings (SSSR count). The summed E-state index contributed by atoms with van der Waals surface area (Å²) in [5.74, 6) is 0.128. The van der Waals surface area contributed by atoms with Gasteiger partial charge in [-0.25, -0.2) is 4.98 Å². The van der Waals surface area contributed by atoms with Gasteiger partial charge in [-0.05, 0) is 12.1 Å². The molecule has 1 aromatic heterocycles. The predicted molar refractivity (Wildman–Crippen MR) is 50.0 cm³/mol. The van der Waals surface area contributed by atoms with E-state index in [2.05, 4.69) is 9.72 Å². The van der Waals surface area contributed by atoms with Crippen molar-refractivity contribution < 1.29 is 17.9 Å². The van der Waals surface area contributed by atoms with Crippen LogP contribution in [0.15, 0.2) is 22.6 Å². The van der Waals surface area contributed by atoms with Gasteiger partial charge in [0.05, 0.1) is 6.07 Å². The van der Waals surface area contributed by atoms with Gasteiger partial charge in [0.1, 0.15) is 6.42 Å². The lowest BCUT2D eigenvalue weighted by molar-refractivity contribution is -0.0489. The van der Waals surface area contributed by atoms with Crippen molar-refractivity contribution in [3.05, 3.63) is 24.1 Å². The lowest BCUT2D eigenvalue weighted by Crippen LogP contribution is -2.02. The molecule has 0 aliphatic carbocycles. The lowest BCUT2D eigenvalue weighted by Gasteiger charge is -2.02. The molecule has 0 aliphatic heterocycles. The molecule has 0 N–H and O–H groups in total. The van der Waals surface area contributed by atoms with Gasteiger partial charge in [0.15, 0.2) is 16.8 Å². The van der Waals surface area contributed by atoms with Crippen molar-refractivity contribution in [3.63, 3.8) is 0 Å². The molecule has 1 heterocycles. The van der Waals surface area contributed by atoms with Crippen LogP contribution in [0.5, 0.6) is 5.75 Å². The third-order valence-electron chi connectivity index (χ3n) is 1.87. The highest BCUT2D eigenvalue weighted by atomic mass is 19.3. The molecular weight excluding hydrogens is 218 g/mol. The molecule has 2 aromatic rings. The van der Waals surface area contributed by atoms with E-state index in [4.69, 9.17) is 9.68 Å². The van der Waals surface area contributed by atoms with Crippen molar-refractivity contribution in [2.45, 2.75) is 13.0 Å². The fourth-order valence-electron chi connectivity index (χ4n) is 1.30. The third kappa shape index (κ3) is 1.93. The maximum atomic E-state index is 12.1. The van der Waals surface area contributed by atoms with Gasteiger partial charge < -0.3 is 9.15 Å².